The van der Waals surface area contributed by atoms with E-state index in [2.05, 4.69) is 20.1 Å². The second kappa shape index (κ2) is 5.20. The Morgan fingerprint density at radius 1 is 1.32 bits per heavy atom. The summed E-state index contributed by atoms with van der Waals surface area (Å²) in [5.74, 6) is 0. The Bertz CT molecular complexity index is 939. The predicted molar refractivity (Wildman–Crippen MR) is 79.0 cm³/mol. The number of nitrogens with one attached hydrogen (secondary N) is 1. The van der Waals surface area contributed by atoms with E-state index in [0.717, 1.165) is 4.68 Å². The highest BCUT2D eigenvalue weighted by Crippen LogP contribution is 2.11. The Labute approximate surface area is 123 Å². The fourth-order valence-corrected chi connectivity index (χ4v) is 1.94. The van der Waals surface area contributed by atoms with Gasteiger partial charge in [-0.3, -0.25) is 10.1 Å². The molecule has 0 aliphatic heterocycles. The molecule has 3 rings (SSSR count). The molecule has 9 nitrogen and oxygen atoms in total. The number of nitro groups is 1. The molecule has 22 heavy (non-hydrogen) atoms. The lowest BCUT2D eigenvalue weighted by Gasteiger charge is -1.96. The monoisotopic (exact) mass is 298 g/mol. The molecule has 2 aromatic heterocycles. The number of hydrogen-bond donors (Lipinski definition) is 1. The van der Waals surface area contributed by atoms with Gasteiger partial charge in [0.05, 0.1) is 16.8 Å². The van der Waals surface area contributed by atoms with Crippen LogP contribution in [0, 0.1) is 17.0 Å². The summed E-state index contributed by atoms with van der Waals surface area (Å²) in [7, 11) is 0. The van der Waals surface area contributed by atoms with Crippen LogP contribution >= 0.6 is 0 Å². The molecule has 0 saturated heterocycles. The zero-order valence-electron chi connectivity index (χ0n) is 11.4. The van der Waals surface area contributed by atoms with Crippen LogP contribution in [0.2, 0.25) is 0 Å². The van der Waals surface area contributed by atoms with Crippen molar-refractivity contribution in [3.63, 3.8) is 0 Å². The summed E-state index contributed by atoms with van der Waals surface area (Å²) in [6.45, 7) is 1.75. The Balaban J connectivity index is 1.99. The summed E-state index contributed by atoms with van der Waals surface area (Å²) in [6.07, 6.45) is 2.78. The fraction of sp³-hybridized carbons (Fsp3) is 0.0769. The number of fused-ring (bicyclic) bond motifs is 1. The molecule has 3 aromatic rings. The van der Waals surface area contributed by atoms with Crippen LogP contribution < -0.4 is 5.69 Å². The molecular formula is C13H10N6O3. The van der Waals surface area contributed by atoms with Gasteiger partial charge in [0, 0.05) is 12.1 Å². The zero-order valence-corrected chi connectivity index (χ0v) is 11.4. The fourth-order valence-electron chi connectivity index (χ4n) is 1.94. The van der Waals surface area contributed by atoms with E-state index in [9.17, 15) is 14.9 Å². The molecule has 0 unspecified atom stereocenters. The van der Waals surface area contributed by atoms with Crippen molar-refractivity contribution in [2.75, 3.05) is 0 Å². The van der Waals surface area contributed by atoms with Gasteiger partial charge in [0.2, 0.25) is 0 Å². The number of rotatable bonds is 3. The maximum Gasteiger partial charge on any atom is 0.348 e. The van der Waals surface area contributed by atoms with Crippen molar-refractivity contribution >= 4 is 23.1 Å². The second-order valence-corrected chi connectivity index (χ2v) is 4.49. The van der Waals surface area contributed by atoms with Crippen LogP contribution in [-0.4, -0.2) is 30.8 Å². The summed E-state index contributed by atoms with van der Waals surface area (Å²) in [4.78, 5) is 32.7. The molecule has 0 saturated carbocycles. The molecular weight excluding hydrogens is 288 g/mol. The van der Waals surface area contributed by atoms with Crippen molar-refractivity contribution in [3.05, 3.63) is 62.4 Å². The van der Waals surface area contributed by atoms with Crippen LogP contribution in [0.5, 0.6) is 0 Å². The molecule has 1 N–H and O–H groups in total. The molecule has 0 amide bonds. The van der Waals surface area contributed by atoms with Crippen LogP contribution in [0.25, 0.3) is 11.2 Å². The minimum absolute atomic E-state index is 0.00947. The molecule has 0 atom stereocenters. The van der Waals surface area contributed by atoms with E-state index < -0.39 is 10.6 Å². The van der Waals surface area contributed by atoms with E-state index in [-0.39, 0.29) is 5.69 Å². The van der Waals surface area contributed by atoms with Crippen molar-refractivity contribution in [1.29, 1.82) is 0 Å². The largest absolute Gasteiger partial charge is 0.348 e. The summed E-state index contributed by atoms with van der Waals surface area (Å²) >= 11 is 0. The van der Waals surface area contributed by atoms with Crippen molar-refractivity contribution in [3.8, 4) is 0 Å². The van der Waals surface area contributed by atoms with Gasteiger partial charge in [-0.05, 0) is 24.6 Å². The highest BCUT2D eigenvalue weighted by Gasteiger charge is 2.09. The minimum Gasteiger partial charge on any atom is -0.301 e. The summed E-state index contributed by atoms with van der Waals surface area (Å²) in [6, 6.07) is 5.82. The van der Waals surface area contributed by atoms with Gasteiger partial charge < -0.3 is 4.98 Å². The Hall–Kier alpha value is -3.36. The molecule has 0 radical (unpaired) electrons. The average Bonchev–Trinajstić information content (AvgIpc) is 2.83. The van der Waals surface area contributed by atoms with E-state index in [4.69, 9.17) is 0 Å². The third kappa shape index (κ3) is 2.35. The van der Waals surface area contributed by atoms with Gasteiger partial charge in [-0.1, -0.05) is 0 Å². The SMILES string of the molecule is Cc1ncnc2c1[nH]c(=O)n2/N=C/c1ccc([N+](=O)[O-])cc1. The first-order valence-electron chi connectivity index (χ1n) is 6.27. The van der Waals surface area contributed by atoms with Crippen LogP contribution in [-0.2, 0) is 0 Å². The third-order valence-electron chi connectivity index (χ3n) is 3.07. The number of aromatic amines is 1. The number of nitro benzene ring substituents is 1. The summed E-state index contributed by atoms with van der Waals surface area (Å²) in [5.41, 5.74) is 1.72. The molecule has 2 heterocycles. The van der Waals surface area contributed by atoms with Crippen LogP contribution in [0.3, 0.4) is 0 Å². The highest BCUT2D eigenvalue weighted by molar-refractivity contribution is 5.81. The average molecular weight is 298 g/mol. The van der Waals surface area contributed by atoms with E-state index in [1.807, 2.05) is 0 Å². The molecule has 1 aromatic carbocycles. The quantitative estimate of drug-likeness (QED) is 0.443. The van der Waals surface area contributed by atoms with Crippen LogP contribution in [0.4, 0.5) is 5.69 Å². The van der Waals surface area contributed by atoms with Crippen molar-refractivity contribution < 1.29 is 4.92 Å². The standard InChI is InChI=1S/C13H10N6O3/c1-8-11-12(15-7-14-8)18(13(20)17-11)16-6-9-2-4-10(5-3-9)19(21)22/h2-7H,1H3,(H,17,20)/b16-6+. The lowest BCUT2D eigenvalue weighted by Crippen LogP contribution is -2.12. The van der Waals surface area contributed by atoms with E-state index in [1.54, 1.807) is 19.1 Å². The van der Waals surface area contributed by atoms with Gasteiger partial charge >= 0.3 is 5.69 Å². The maximum atomic E-state index is 11.9. The van der Waals surface area contributed by atoms with Gasteiger partial charge in [0.15, 0.2) is 5.65 Å². The number of nitrogens with zero attached hydrogens (tertiary/aromatic N) is 5. The first kappa shape index (κ1) is 13.6. The summed E-state index contributed by atoms with van der Waals surface area (Å²) in [5, 5.41) is 14.7. The molecule has 0 bridgehead atoms. The maximum absolute atomic E-state index is 11.9. The lowest BCUT2D eigenvalue weighted by atomic mass is 10.2. The lowest BCUT2D eigenvalue weighted by molar-refractivity contribution is -0.384. The number of non-ortho nitro benzene ring substituents is 1. The van der Waals surface area contributed by atoms with Gasteiger partial charge in [-0.2, -0.15) is 9.78 Å². The Morgan fingerprint density at radius 2 is 2.05 bits per heavy atom. The van der Waals surface area contributed by atoms with Gasteiger partial charge in [-0.25, -0.2) is 14.8 Å². The van der Waals surface area contributed by atoms with Gasteiger partial charge in [0.1, 0.15) is 11.8 Å². The molecule has 0 aliphatic carbocycles. The second-order valence-electron chi connectivity index (χ2n) is 4.49. The van der Waals surface area contributed by atoms with E-state index >= 15 is 0 Å². The predicted octanol–water partition coefficient (Wildman–Crippen LogP) is 1.22. The smallest absolute Gasteiger partial charge is 0.301 e. The Kier molecular flexibility index (Phi) is 3.22. The van der Waals surface area contributed by atoms with Gasteiger partial charge in [0.25, 0.3) is 5.69 Å². The Morgan fingerprint density at radius 3 is 2.73 bits per heavy atom. The number of aromatic nitrogens is 4. The molecule has 0 spiro atoms. The minimum atomic E-state index is -0.481. The summed E-state index contributed by atoms with van der Waals surface area (Å²) < 4.78 is 1.12. The van der Waals surface area contributed by atoms with Crippen molar-refractivity contribution in [2.45, 2.75) is 6.92 Å². The molecule has 9 heteroatoms. The van der Waals surface area contributed by atoms with E-state index in [1.165, 1.54) is 24.7 Å². The van der Waals surface area contributed by atoms with Gasteiger partial charge in [-0.15, -0.1) is 0 Å². The normalized spacial score (nSPS) is 11.3. The number of benzene rings is 1. The topological polar surface area (TPSA) is 119 Å². The van der Waals surface area contributed by atoms with Crippen LogP contribution in [0.1, 0.15) is 11.3 Å². The highest BCUT2D eigenvalue weighted by atomic mass is 16.6. The zero-order chi connectivity index (χ0) is 15.7. The first-order valence-corrected chi connectivity index (χ1v) is 6.27. The van der Waals surface area contributed by atoms with Crippen molar-refractivity contribution in [2.24, 2.45) is 5.10 Å². The van der Waals surface area contributed by atoms with E-state index in [0.29, 0.717) is 22.4 Å². The number of imidazole rings is 1. The molecule has 0 aliphatic rings. The van der Waals surface area contributed by atoms with Crippen molar-refractivity contribution in [1.82, 2.24) is 19.6 Å². The third-order valence-corrected chi connectivity index (χ3v) is 3.07. The molecule has 0 fully saturated rings. The first-order chi connectivity index (χ1) is 10.6. The number of H-pyrrole nitrogens is 1. The molecule has 110 valence electrons. The number of aryl methyl sites for hydroxylation is 1. The number of hydrogen-bond acceptors (Lipinski definition) is 6. The van der Waals surface area contributed by atoms with Crippen LogP contribution in [0.15, 0.2) is 40.5 Å².